The predicted molar refractivity (Wildman–Crippen MR) is 66.7 cm³/mol. The first-order valence-corrected chi connectivity index (χ1v) is 5.95. The second kappa shape index (κ2) is 5.46. The van der Waals surface area contributed by atoms with E-state index >= 15 is 0 Å². The Morgan fingerprint density at radius 2 is 2.22 bits per heavy atom. The maximum absolute atomic E-state index is 12.9. The van der Waals surface area contributed by atoms with Gasteiger partial charge in [-0.05, 0) is 18.2 Å². The van der Waals surface area contributed by atoms with Crippen molar-refractivity contribution in [1.29, 1.82) is 0 Å². The Labute approximate surface area is 109 Å². The van der Waals surface area contributed by atoms with E-state index in [2.05, 4.69) is 15.5 Å². The Balaban J connectivity index is 2.18. The van der Waals surface area contributed by atoms with Gasteiger partial charge < -0.3 is 9.84 Å². The Morgan fingerprint density at radius 3 is 2.89 bits per heavy atom. The highest BCUT2D eigenvalue weighted by Gasteiger charge is 2.12. The SMILES string of the molecule is CC(C)NCc1nc(-c2ccc(F)cc2Cl)no1. The molecule has 0 fully saturated rings. The number of aromatic nitrogens is 2. The lowest BCUT2D eigenvalue weighted by Crippen LogP contribution is -2.21. The highest BCUT2D eigenvalue weighted by molar-refractivity contribution is 6.33. The van der Waals surface area contributed by atoms with Gasteiger partial charge in [-0.2, -0.15) is 4.98 Å². The monoisotopic (exact) mass is 269 g/mol. The van der Waals surface area contributed by atoms with Crippen LogP contribution in [0.2, 0.25) is 5.02 Å². The van der Waals surface area contributed by atoms with Crippen LogP contribution in [-0.2, 0) is 6.54 Å². The van der Waals surface area contributed by atoms with Crippen molar-refractivity contribution < 1.29 is 8.91 Å². The molecule has 0 bridgehead atoms. The molecule has 1 aromatic heterocycles. The van der Waals surface area contributed by atoms with Crippen LogP contribution in [0, 0.1) is 5.82 Å². The fourth-order valence-corrected chi connectivity index (χ4v) is 1.65. The van der Waals surface area contributed by atoms with Gasteiger partial charge in [0.25, 0.3) is 0 Å². The summed E-state index contributed by atoms with van der Waals surface area (Å²) in [5, 5.41) is 7.25. The molecule has 0 aliphatic heterocycles. The summed E-state index contributed by atoms with van der Waals surface area (Å²) in [6.45, 7) is 4.53. The van der Waals surface area contributed by atoms with Crippen LogP contribution in [0.5, 0.6) is 0 Å². The molecule has 0 radical (unpaired) electrons. The summed E-state index contributed by atoms with van der Waals surface area (Å²) in [5.41, 5.74) is 0.553. The zero-order chi connectivity index (χ0) is 13.1. The zero-order valence-corrected chi connectivity index (χ0v) is 10.8. The van der Waals surface area contributed by atoms with Gasteiger partial charge in [0, 0.05) is 11.6 Å². The molecule has 0 saturated carbocycles. The number of hydrogen-bond donors (Lipinski definition) is 1. The summed E-state index contributed by atoms with van der Waals surface area (Å²) in [7, 11) is 0. The van der Waals surface area contributed by atoms with Crippen LogP contribution in [0.15, 0.2) is 22.7 Å². The van der Waals surface area contributed by atoms with Crippen LogP contribution in [-0.4, -0.2) is 16.2 Å². The lowest BCUT2D eigenvalue weighted by Gasteiger charge is -2.03. The molecule has 0 aliphatic rings. The van der Waals surface area contributed by atoms with Gasteiger partial charge in [-0.15, -0.1) is 0 Å². The number of halogens is 2. The van der Waals surface area contributed by atoms with Crippen molar-refractivity contribution in [3.8, 4) is 11.4 Å². The van der Waals surface area contributed by atoms with E-state index in [1.54, 1.807) is 0 Å². The number of nitrogens with one attached hydrogen (secondary N) is 1. The molecule has 0 atom stereocenters. The summed E-state index contributed by atoms with van der Waals surface area (Å²) in [5.74, 6) is 0.439. The Kier molecular flexibility index (Phi) is 3.93. The molecule has 0 spiro atoms. The molecule has 2 rings (SSSR count). The predicted octanol–water partition coefficient (Wildman–Crippen LogP) is 3.03. The summed E-state index contributed by atoms with van der Waals surface area (Å²) in [4.78, 5) is 4.20. The van der Waals surface area contributed by atoms with Crippen molar-refractivity contribution in [2.75, 3.05) is 0 Å². The molecular weight excluding hydrogens is 257 g/mol. The molecule has 1 aromatic carbocycles. The van der Waals surface area contributed by atoms with Gasteiger partial charge in [-0.1, -0.05) is 30.6 Å². The number of nitrogens with zero attached hydrogens (tertiary/aromatic N) is 2. The molecule has 6 heteroatoms. The largest absolute Gasteiger partial charge is 0.338 e. The van der Waals surface area contributed by atoms with Gasteiger partial charge in [-0.3, -0.25) is 0 Å². The molecule has 0 saturated heterocycles. The molecule has 4 nitrogen and oxygen atoms in total. The van der Waals surface area contributed by atoms with Crippen molar-refractivity contribution in [3.05, 3.63) is 34.9 Å². The van der Waals surface area contributed by atoms with Gasteiger partial charge in [0.1, 0.15) is 5.82 Å². The average molecular weight is 270 g/mol. The van der Waals surface area contributed by atoms with Crippen molar-refractivity contribution in [3.63, 3.8) is 0 Å². The fourth-order valence-electron chi connectivity index (χ4n) is 1.40. The van der Waals surface area contributed by atoms with Gasteiger partial charge in [0.15, 0.2) is 0 Å². The maximum atomic E-state index is 12.9. The van der Waals surface area contributed by atoms with E-state index in [4.69, 9.17) is 16.1 Å². The summed E-state index contributed by atoms with van der Waals surface area (Å²) in [6.07, 6.45) is 0. The molecule has 0 aliphatic carbocycles. The first kappa shape index (κ1) is 13.0. The minimum atomic E-state index is -0.394. The molecule has 96 valence electrons. The smallest absolute Gasteiger partial charge is 0.240 e. The summed E-state index contributed by atoms with van der Waals surface area (Å²) >= 11 is 5.92. The Morgan fingerprint density at radius 1 is 1.44 bits per heavy atom. The highest BCUT2D eigenvalue weighted by atomic mass is 35.5. The second-order valence-corrected chi connectivity index (χ2v) is 4.58. The van der Waals surface area contributed by atoms with Crippen LogP contribution in [0.4, 0.5) is 4.39 Å². The van der Waals surface area contributed by atoms with E-state index in [1.807, 2.05) is 13.8 Å². The number of hydrogen-bond acceptors (Lipinski definition) is 4. The maximum Gasteiger partial charge on any atom is 0.240 e. The average Bonchev–Trinajstić information content (AvgIpc) is 2.75. The lowest BCUT2D eigenvalue weighted by atomic mass is 10.2. The van der Waals surface area contributed by atoms with E-state index in [9.17, 15) is 4.39 Å². The molecule has 0 amide bonds. The van der Waals surface area contributed by atoms with E-state index in [0.717, 1.165) is 0 Å². The van der Waals surface area contributed by atoms with Gasteiger partial charge in [-0.25, -0.2) is 4.39 Å². The number of rotatable bonds is 4. The molecule has 1 N–H and O–H groups in total. The quantitative estimate of drug-likeness (QED) is 0.927. The van der Waals surface area contributed by atoms with Crippen molar-refractivity contribution >= 4 is 11.6 Å². The lowest BCUT2D eigenvalue weighted by molar-refractivity contribution is 0.362. The summed E-state index contributed by atoms with van der Waals surface area (Å²) in [6, 6.07) is 4.39. The van der Waals surface area contributed by atoms with Crippen LogP contribution in [0.1, 0.15) is 19.7 Å². The Hall–Kier alpha value is -1.46. The topological polar surface area (TPSA) is 51.0 Å². The second-order valence-electron chi connectivity index (χ2n) is 4.17. The molecule has 0 unspecified atom stereocenters. The standard InChI is InChI=1S/C12H13ClFN3O/c1-7(2)15-6-11-16-12(17-18-11)9-4-3-8(14)5-10(9)13/h3-5,7,15H,6H2,1-2H3. The summed E-state index contributed by atoms with van der Waals surface area (Å²) < 4.78 is 18.0. The van der Waals surface area contributed by atoms with Gasteiger partial charge in [0.2, 0.25) is 11.7 Å². The van der Waals surface area contributed by atoms with Crippen LogP contribution < -0.4 is 5.32 Å². The minimum Gasteiger partial charge on any atom is -0.338 e. The first-order chi connectivity index (χ1) is 8.56. The van der Waals surface area contributed by atoms with Crippen molar-refractivity contribution in [2.45, 2.75) is 26.4 Å². The third kappa shape index (κ3) is 3.05. The van der Waals surface area contributed by atoms with Gasteiger partial charge in [0.05, 0.1) is 11.6 Å². The third-order valence-corrected chi connectivity index (χ3v) is 2.61. The van der Waals surface area contributed by atoms with Crippen molar-refractivity contribution in [2.24, 2.45) is 0 Å². The van der Waals surface area contributed by atoms with Crippen molar-refractivity contribution in [1.82, 2.24) is 15.5 Å². The number of benzene rings is 1. The van der Waals surface area contributed by atoms with E-state index in [0.29, 0.717) is 29.9 Å². The van der Waals surface area contributed by atoms with E-state index < -0.39 is 5.82 Å². The van der Waals surface area contributed by atoms with Gasteiger partial charge >= 0.3 is 0 Å². The van der Waals surface area contributed by atoms with Crippen LogP contribution >= 0.6 is 11.6 Å². The molecule has 1 heterocycles. The van der Waals surface area contributed by atoms with Crippen LogP contribution in [0.25, 0.3) is 11.4 Å². The van der Waals surface area contributed by atoms with E-state index in [-0.39, 0.29) is 5.02 Å². The fraction of sp³-hybridized carbons (Fsp3) is 0.333. The van der Waals surface area contributed by atoms with Crippen LogP contribution in [0.3, 0.4) is 0 Å². The normalized spacial score (nSPS) is 11.2. The third-order valence-electron chi connectivity index (χ3n) is 2.30. The molecule has 2 aromatic rings. The highest BCUT2D eigenvalue weighted by Crippen LogP contribution is 2.26. The zero-order valence-electron chi connectivity index (χ0n) is 10.1. The molecule has 18 heavy (non-hydrogen) atoms. The van der Waals surface area contributed by atoms with E-state index in [1.165, 1.54) is 18.2 Å². The molecular formula is C12H13ClFN3O. The first-order valence-electron chi connectivity index (χ1n) is 5.57. The minimum absolute atomic E-state index is 0.263. The Bertz CT molecular complexity index is 542.